The summed E-state index contributed by atoms with van der Waals surface area (Å²) < 4.78 is 22.2. The number of carbonyl (C=O) groups excluding carboxylic acids is 4. The first kappa shape index (κ1) is 26.2. The Morgan fingerprint density at radius 3 is 1.47 bits per heavy atom. The van der Waals surface area contributed by atoms with Gasteiger partial charge in [-0.05, 0) is 38.5 Å². The van der Waals surface area contributed by atoms with E-state index in [2.05, 4.69) is 0 Å². The van der Waals surface area contributed by atoms with Gasteiger partial charge in [0.2, 0.25) is 5.75 Å². The lowest BCUT2D eigenvalue weighted by atomic mass is 9.89. The number of hydrogen-bond donors (Lipinski definition) is 0. The number of carbonyl (C=O) groups is 4. The van der Waals surface area contributed by atoms with Crippen LogP contribution in [0.2, 0.25) is 0 Å². The Morgan fingerprint density at radius 1 is 0.583 bits per heavy atom. The minimum absolute atomic E-state index is 0.0753. The maximum atomic E-state index is 13.0. The molecule has 3 saturated carbocycles. The molecule has 0 amide bonds. The summed E-state index contributed by atoms with van der Waals surface area (Å²) in [6.45, 7) is 0.201. The molecular formula is C28H36O8. The Hall–Kier alpha value is -2.90. The van der Waals surface area contributed by atoms with Crippen molar-refractivity contribution in [2.24, 2.45) is 17.8 Å². The lowest BCUT2D eigenvalue weighted by molar-refractivity contribution is -0.143. The monoisotopic (exact) mass is 500 g/mol. The van der Waals surface area contributed by atoms with Gasteiger partial charge in [-0.15, -0.1) is 0 Å². The summed E-state index contributed by atoms with van der Waals surface area (Å²) in [5, 5.41) is 0. The minimum atomic E-state index is -0.452. The van der Waals surface area contributed by atoms with Crippen molar-refractivity contribution in [1.82, 2.24) is 0 Å². The lowest BCUT2D eigenvalue weighted by Crippen LogP contribution is -2.25. The molecule has 1 aromatic rings. The zero-order valence-electron chi connectivity index (χ0n) is 20.8. The average Bonchev–Trinajstić information content (AvgIpc) is 2.92. The van der Waals surface area contributed by atoms with Gasteiger partial charge in [-0.1, -0.05) is 57.8 Å². The van der Waals surface area contributed by atoms with Crippen LogP contribution in [0.5, 0.6) is 23.0 Å². The molecule has 36 heavy (non-hydrogen) atoms. The number of hydrogen-bond acceptors (Lipinski definition) is 8. The Labute approximate surface area is 212 Å². The fourth-order valence-electron chi connectivity index (χ4n) is 5.52. The van der Waals surface area contributed by atoms with Crippen LogP contribution in [0.1, 0.15) is 96.3 Å². The largest absolute Gasteiger partial charge is 0.426 e. The van der Waals surface area contributed by atoms with Gasteiger partial charge in [0.05, 0.1) is 17.8 Å². The Balaban J connectivity index is 1.61. The van der Waals surface area contributed by atoms with Crippen molar-refractivity contribution in [3.63, 3.8) is 0 Å². The Bertz CT molecular complexity index is 937. The Kier molecular flexibility index (Phi) is 9.36. The fourth-order valence-corrected chi connectivity index (χ4v) is 5.52. The van der Waals surface area contributed by atoms with Crippen molar-refractivity contribution in [3.05, 3.63) is 12.1 Å². The smallest absolute Gasteiger partial charge is 0.314 e. The predicted molar refractivity (Wildman–Crippen MR) is 130 cm³/mol. The first-order valence-electron chi connectivity index (χ1n) is 13.5. The molecule has 0 atom stereocenters. The first-order valence-corrected chi connectivity index (χ1v) is 13.5. The van der Waals surface area contributed by atoms with E-state index in [4.69, 9.17) is 18.9 Å². The van der Waals surface area contributed by atoms with Gasteiger partial charge in [0.1, 0.15) is 5.75 Å². The zero-order valence-corrected chi connectivity index (χ0v) is 20.8. The molecule has 3 fully saturated rings. The Morgan fingerprint density at radius 2 is 1.00 bits per heavy atom. The summed E-state index contributed by atoms with van der Waals surface area (Å²) in [6.07, 6.45) is 13.4. The van der Waals surface area contributed by atoms with Gasteiger partial charge >= 0.3 is 17.9 Å². The fraction of sp³-hybridized carbons (Fsp3) is 0.643. The second-order valence-corrected chi connectivity index (χ2v) is 10.2. The second-order valence-electron chi connectivity index (χ2n) is 10.2. The van der Waals surface area contributed by atoms with Gasteiger partial charge in [0, 0.05) is 12.1 Å². The quantitative estimate of drug-likeness (QED) is 0.255. The third kappa shape index (κ3) is 6.86. The van der Waals surface area contributed by atoms with Gasteiger partial charge in [-0.25, -0.2) is 0 Å². The molecule has 0 spiro atoms. The van der Waals surface area contributed by atoms with Gasteiger partial charge in [-0.3, -0.25) is 19.2 Å². The van der Waals surface area contributed by atoms with Crippen LogP contribution in [0.3, 0.4) is 0 Å². The molecule has 0 saturated heterocycles. The highest BCUT2D eigenvalue weighted by Crippen LogP contribution is 2.43. The van der Waals surface area contributed by atoms with E-state index in [-0.39, 0.29) is 53.2 Å². The summed E-state index contributed by atoms with van der Waals surface area (Å²) in [4.78, 5) is 50.0. The molecular weight excluding hydrogens is 464 g/mol. The topological polar surface area (TPSA) is 105 Å². The molecule has 8 heteroatoms. The molecule has 8 nitrogen and oxygen atoms in total. The third-order valence-electron chi connectivity index (χ3n) is 7.62. The average molecular weight is 501 g/mol. The highest BCUT2D eigenvalue weighted by Gasteiger charge is 2.30. The lowest BCUT2D eigenvalue weighted by Gasteiger charge is -2.23. The summed E-state index contributed by atoms with van der Waals surface area (Å²) in [5.41, 5.74) is 0. The van der Waals surface area contributed by atoms with E-state index in [0.717, 1.165) is 96.3 Å². The molecule has 3 aliphatic rings. The number of ether oxygens (including phenoxy) is 4. The standard InChI is InChI=1S/C28H36O8/c29-18-33-23-16-22(34-26(30)19-10-4-1-5-11-19)17-24(35-27(31)20-12-6-2-7-13-20)25(23)36-28(32)21-14-8-3-9-15-21/h16-21H,1-15H2. The van der Waals surface area contributed by atoms with Gasteiger partial charge in [0.25, 0.3) is 6.47 Å². The van der Waals surface area contributed by atoms with E-state index in [1.807, 2.05) is 0 Å². The molecule has 0 aromatic heterocycles. The van der Waals surface area contributed by atoms with E-state index in [1.165, 1.54) is 12.1 Å². The summed E-state index contributed by atoms with van der Waals surface area (Å²) in [7, 11) is 0. The van der Waals surface area contributed by atoms with Crippen molar-refractivity contribution in [1.29, 1.82) is 0 Å². The maximum absolute atomic E-state index is 13.0. The van der Waals surface area contributed by atoms with Crippen LogP contribution in [-0.2, 0) is 19.2 Å². The second kappa shape index (κ2) is 12.9. The summed E-state index contributed by atoms with van der Waals surface area (Å²) in [5.74, 6) is -2.27. The highest BCUT2D eigenvalue weighted by atomic mass is 16.6. The van der Waals surface area contributed by atoms with E-state index in [1.54, 1.807) is 0 Å². The number of rotatable bonds is 8. The molecule has 4 rings (SSSR count). The van der Waals surface area contributed by atoms with Gasteiger partial charge in [0.15, 0.2) is 11.5 Å². The van der Waals surface area contributed by atoms with Crippen molar-refractivity contribution >= 4 is 24.4 Å². The van der Waals surface area contributed by atoms with E-state index >= 15 is 0 Å². The molecule has 3 aliphatic carbocycles. The molecule has 196 valence electrons. The van der Waals surface area contributed by atoms with Gasteiger partial charge < -0.3 is 18.9 Å². The van der Waals surface area contributed by atoms with Crippen molar-refractivity contribution < 1.29 is 38.1 Å². The molecule has 0 N–H and O–H groups in total. The van der Waals surface area contributed by atoms with E-state index in [0.29, 0.717) is 0 Å². The molecule has 1 aromatic carbocycles. The minimum Gasteiger partial charge on any atom is -0.426 e. The van der Waals surface area contributed by atoms with E-state index in [9.17, 15) is 19.2 Å². The molecule has 0 heterocycles. The van der Waals surface area contributed by atoms with Crippen molar-refractivity contribution in [3.8, 4) is 23.0 Å². The normalized spacial score (nSPS) is 19.8. The van der Waals surface area contributed by atoms with Crippen LogP contribution >= 0.6 is 0 Å². The summed E-state index contributed by atoms with van der Waals surface area (Å²) in [6, 6.07) is 2.71. The molecule has 0 bridgehead atoms. The summed E-state index contributed by atoms with van der Waals surface area (Å²) >= 11 is 0. The van der Waals surface area contributed by atoms with Crippen LogP contribution < -0.4 is 18.9 Å². The third-order valence-corrected chi connectivity index (χ3v) is 7.62. The highest BCUT2D eigenvalue weighted by molar-refractivity contribution is 5.81. The molecule has 0 aliphatic heterocycles. The first-order chi connectivity index (χ1) is 17.5. The van der Waals surface area contributed by atoms with Crippen LogP contribution in [-0.4, -0.2) is 24.4 Å². The van der Waals surface area contributed by atoms with Crippen LogP contribution in [0.25, 0.3) is 0 Å². The molecule has 0 radical (unpaired) electrons. The van der Waals surface area contributed by atoms with Crippen molar-refractivity contribution in [2.75, 3.05) is 0 Å². The van der Waals surface area contributed by atoms with Crippen molar-refractivity contribution in [2.45, 2.75) is 96.3 Å². The predicted octanol–water partition coefficient (Wildman–Crippen LogP) is 5.68. The van der Waals surface area contributed by atoms with Crippen LogP contribution in [0.4, 0.5) is 0 Å². The molecule has 0 unspecified atom stereocenters. The van der Waals surface area contributed by atoms with Crippen LogP contribution in [0, 0.1) is 17.8 Å². The van der Waals surface area contributed by atoms with E-state index < -0.39 is 11.9 Å². The zero-order chi connectivity index (χ0) is 25.3. The van der Waals surface area contributed by atoms with Gasteiger partial charge in [-0.2, -0.15) is 0 Å². The maximum Gasteiger partial charge on any atom is 0.314 e. The van der Waals surface area contributed by atoms with Crippen LogP contribution in [0.15, 0.2) is 12.1 Å². The number of esters is 3. The number of benzene rings is 1. The SMILES string of the molecule is O=COc1cc(OC(=O)C2CCCCC2)cc(OC(=O)C2CCCCC2)c1OC(=O)C1CCCCC1.